The number of anilines is 2. The van der Waals surface area contributed by atoms with Crippen LogP contribution in [-0.2, 0) is 11.2 Å². The SMILES string of the molecule is Nc1nc(CC(=O)Nc2ccc3[nH]ccc3c2)cs1. The number of benzene rings is 1. The number of nitrogen functional groups attached to an aromatic ring is 1. The maximum Gasteiger partial charge on any atom is 0.230 e. The predicted molar refractivity (Wildman–Crippen MR) is 77.2 cm³/mol. The number of nitrogens with one attached hydrogen (secondary N) is 2. The number of amides is 1. The van der Waals surface area contributed by atoms with E-state index >= 15 is 0 Å². The van der Waals surface area contributed by atoms with Gasteiger partial charge in [-0.2, -0.15) is 0 Å². The highest BCUT2D eigenvalue weighted by Gasteiger charge is 2.07. The maximum absolute atomic E-state index is 11.9. The van der Waals surface area contributed by atoms with Crippen molar-refractivity contribution in [3.05, 3.63) is 41.5 Å². The highest BCUT2D eigenvalue weighted by Crippen LogP contribution is 2.18. The van der Waals surface area contributed by atoms with E-state index in [4.69, 9.17) is 5.73 Å². The molecule has 0 atom stereocenters. The Bertz CT molecular complexity index is 731. The molecule has 0 bridgehead atoms. The van der Waals surface area contributed by atoms with Crippen molar-refractivity contribution in [1.29, 1.82) is 0 Å². The molecule has 2 heterocycles. The molecule has 2 aromatic heterocycles. The summed E-state index contributed by atoms with van der Waals surface area (Å²) in [6, 6.07) is 7.70. The molecule has 0 spiro atoms. The summed E-state index contributed by atoms with van der Waals surface area (Å²) in [6.45, 7) is 0. The Hall–Kier alpha value is -2.34. The fraction of sp³-hybridized carbons (Fsp3) is 0.0769. The third kappa shape index (κ3) is 2.58. The lowest BCUT2D eigenvalue weighted by Crippen LogP contribution is -2.14. The van der Waals surface area contributed by atoms with Gasteiger partial charge >= 0.3 is 0 Å². The lowest BCUT2D eigenvalue weighted by Gasteiger charge is -2.04. The van der Waals surface area contributed by atoms with Gasteiger partial charge in [-0.3, -0.25) is 4.79 Å². The molecule has 96 valence electrons. The first kappa shape index (κ1) is 11.7. The fourth-order valence-corrected chi connectivity index (χ4v) is 2.47. The van der Waals surface area contributed by atoms with Gasteiger partial charge in [-0.05, 0) is 24.3 Å². The number of fused-ring (bicyclic) bond motifs is 1. The number of hydrogen-bond donors (Lipinski definition) is 3. The summed E-state index contributed by atoms with van der Waals surface area (Å²) >= 11 is 1.34. The van der Waals surface area contributed by atoms with Crippen molar-refractivity contribution in [2.45, 2.75) is 6.42 Å². The average molecular weight is 272 g/mol. The van der Waals surface area contributed by atoms with Gasteiger partial charge in [-0.1, -0.05) is 0 Å². The molecule has 0 aliphatic rings. The lowest BCUT2D eigenvalue weighted by molar-refractivity contribution is -0.115. The lowest BCUT2D eigenvalue weighted by atomic mass is 10.2. The van der Waals surface area contributed by atoms with Crippen molar-refractivity contribution in [3.63, 3.8) is 0 Å². The molecule has 4 N–H and O–H groups in total. The van der Waals surface area contributed by atoms with Gasteiger partial charge in [-0.15, -0.1) is 11.3 Å². The predicted octanol–water partition coefficient (Wildman–Crippen LogP) is 2.39. The van der Waals surface area contributed by atoms with Crippen LogP contribution in [0, 0.1) is 0 Å². The minimum atomic E-state index is -0.0971. The summed E-state index contributed by atoms with van der Waals surface area (Å²) in [5.41, 5.74) is 8.05. The largest absolute Gasteiger partial charge is 0.375 e. The Labute approximate surface area is 113 Å². The molecule has 1 amide bonds. The standard InChI is InChI=1S/C13H12N4OS/c14-13-17-10(7-19-13)6-12(18)16-9-1-2-11-8(5-9)3-4-15-11/h1-5,7,15H,6H2,(H2,14,17)(H,16,18). The normalized spacial score (nSPS) is 10.7. The molecule has 0 aliphatic heterocycles. The molecule has 0 fully saturated rings. The molecule has 5 nitrogen and oxygen atoms in total. The van der Waals surface area contributed by atoms with E-state index in [-0.39, 0.29) is 12.3 Å². The number of carbonyl (C=O) groups excluding carboxylic acids is 1. The minimum Gasteiger partial charge on any atom is -0.375 e. The molecular formula is C13H12N4OS. The van der Waals surface area contributed by atoms with Crippen LogP contribution in [0.3, 0.4) is 0 Å². The third-order valence-electron chi connectivity index (χ3n) is 2.75. The Morgan fingerprint density at radius 1 is 1.42 bits per heavy atom. The minimum absolute atomic E-state index is 0.0971. The quantitative estimate of drug-likeness (QED) is 0.684. The Morgan fingerprint density at radius 2 is 2.32 bits per heavy atom. The molecule has 6 heteroatoms. The molecule has 0 aliphatic carbocycles. The first-order chi connectivity index (χ1) is 9.20. The van der Waals surface area contributed by atoms with Gasteiger partial charge in [0.1, 0.15) is 0 Å². The molecule has 3 aromatic rings. The number of aromatic nitrogens is 2. The van der Waals surface area contributed by atoms with Gasteiger partial charge < -0.3 is 16.0 Å². The summed E-state index contributed by atoms with van der Waals surface area (Å²) < 4.78 is 0. The van der Waals surface area contributed by atoms with Gasteiger partial charge in [0, 0.05) is 28.2 Å². The van der Waals surface area contributed by atoms with Crippen molar-refractivity contribution < 1.29 is 4.79 Å². The number of thiazole rings is 1. The van der Waals surface area contributed by atoms with E-state index in [0.29, 0.717) is 10.8 Å². The van der Waals surface area contributed by atoms with Crippen molar-refractivity contribution in [3.8, 4) is 0 Å². The Kier molecular flexibility index (Phi) is 2.92. The van der Waals surface area contributed by atoms with Gasteiger partial charge in [0.2, 0.25) is 5.91 Å². The topological polar surface area (TPSA) is 83.8 Å². The third-order valence-corrected chi connectivity index (χ3v) is 3.47. The van der Waals surface area contributed by atoms with Crippen LogP contribution in [0.25, 0.3) is 10.9 Å². The van der Waals surface area contributed by atoms with Gasteiger partial charge in [0.15, 0.2) is 5.13 Å². The number of nitrogens with zero attached hydrogens (tertiary/aromatic N) is 1. The van der Waals surface area contributed by atoms with Crippen LogP contribution in [0.15, 0.2) is 35.8 Å². The molecule has 0 saturated heterocycles. The van der Waals surface area contributed by atoms with E-state index < -0.39 is 0 Å². The van der Waals surface area contributed by atoms with Crippen molar-refractivity contribution >= 4 is 39.0 Å². The number of aromatic amines is 1. The number of H-pyrrole nitrogens is 1. The molecule has 3 rings (SSSR count). The first-order valence-electron chi connectivity index (χ1n) is 5.77. The zero-order chi connectivity index (χ0) is 13.2. The van der Waals surface area contributed by atoms with E-state index in [0.717, 1.165) is 16.6 Å². The monoisotopic (exact) mass is 272 g/mol. The summed E-state index contributed by atoms with van der Waals surface area (Å²) in [6.07, 6.45) is 2.10. The van der Waals surface area contributed by atoms with Crippen LogP contribution < -0.4 is 11.1 Å². The van der Waals surface area contributed by atoms with Gasteiger partial charge in [0.05, 0.1) is 12.1 Å². The van der Waals surface area contributed by atoms with Crippen molar-refractivity contribution in [2.75, 3.05) is 11.1 Å². The van der Waals surface area contributed by atoms with Crippen LogP contribution in [0.4, 0.5) is 10.8 Å². The van der Waals surface area contributed by atoms with Crippen LogP contribution in [0.5, 0.6) is 0 Å². The van der Waals surface area contributed by atoms with Crippen LogP contribution in [0.1, 0.15) is 5.69 Å². The molecule has 0 radical (unpaired) electrons. The average Bonchev–Trinajstić information content (AvgIpc) is 2.97. The second-order valence-corrected chi connectivity index (χ2v) is 5.07. The zero-order valence-electron chi connectivity index (χ0n) is 10.0. The zero-order valence-corrected chi connectivity index (χ0v) is 10.8. The molecule has 1 aromatic carbocycles. The van der Waals surface area contributed by atoms with Crippen LogP contribution >= 0.6 is 11.3 Å². The molecule has 19 heavy (non-hydrogen) atoms. The highest BCUT2D eigenvalue weighted by atomic mass is 32.1. The second-order valence-electron chi connectivity index (χ2n) is 4.18. The summed E-state index contributed by atoms with van der Waals surface area (Å²) in [5, 5.41) is 6.20. The van der Waals surface area contributed by atoms with Crippen LogP contribution in [0.2, 0.25) is 0 Å². The molecular weight excluding hydrogens is 260 g/mol. The fourth-order valence-electron chi connectivity index (χ4n) is 1.90. The van der Waals surface area contributed by atoms with E-state index in [1.165, 1.54) is 11.3 Å². The van der Waals surface area contributed by atoms with E-state index in [1.54, 1.807) is 5.38 Å². The summed E-state index contributed by atoms with van der Waals surface area (Å²) in [4.78, 5) is 19.0. The van der Waals surface area contributed by atoms with Crippen molar-refractivity contribution in [1.82, 2.24) is 9.97 Å². The van der Waals surface area contributed by atoms with Gasteiger partial charge in [-0.25, -0.2) is 4.98 Å². The summed E-state index contributed by atoms with van der Waals surface area (Å²) in [5.74, 6) is -0.0971. The van der Waals surface area contributed by atoms with E-state index in [9.17, 15) is 4.79 Å². The number of rotatable bonds is 3. The van der Waals surface area contributed by atoms with Crippen LogP contribution in [-0.4, -0.2) is 15.9 Å². The molecule has 0 unspecified atom stereocenters. The molecule has 0 saturated carbocycles. The Balaban J connectivity index is 1.71. The van der Waals surface area contributed by atoms with E-state index in [2.05, 4.69) is 15.3 Å². The van der Waals surface area contributed by atoms with Crippen molar-refractivity contribution in [2.24, 2.45) is 0 Å². The maximum atomic E-state index is 11.9. The summed E-state index contributed by atoms with van der Waals surface area (Å²) in [7, 11) is 0. The highest BCUT2D eigenvalue weighted by molar-refractivity contribution is 7.13. The smallest absolute Gasteiger partial charge is 0.230 e. The number of nitrogens with two attached hydrogens (primary N) is 1. The van der Waals surface area contributed by atoms with Gasteiger partial charge in [0.25, 0.3) is 0 Å². The number of hydrogen-bond acceptors (Lipinski definition) is 4. The van der Waals surface area contributed by atoms with E-state index in [1.807, 2.05) is 30.5 Å². The second kappa shape index (κ2) is 4.74. The Morgan fingerprint density at radius 3 is 3.11 bits per heavy atom. The first-order valence-corrected chi connectivity index (χ1v) is 6.65. The number of carbonyl (C=O) groups is 1.